The Morgan fingerprint density at radius 2 is 2.10 bits per heavy atom. The zero-order chi connectivity index (χ0) is 22.2. The molecule has 0 aliphatic rings. The maximum absolute atomic E-state index is 12.5. The van der Waals surface area contributed by atoms with E-state index in [9.17, 15) is 10.1 Å². The summed E-state index contributed by atoms with van der Waals surface area (Å²) in [5, 5.41) is 13.3. The standard InChI is InChI=1S/C25H28N4O2/c1-4-13-29-18(2)15-21(19(29)3)16-22(17-26)25(30)28-12-7-14-31-23-10-5-8-20-9-6-11-27-24(20)23/h5-6,8-11,15-16H,4,7,12-14H2,1-3H3,(H,28,30)/b22-16-. The highest BCUT2D eigenvalue weighted by Crippen LogP contribution is 2.23. The van der Waals surface area contributed by atoms with E-state index in [1.165, 1.54) is 0 Å². The van der Waals surface area contributed by atoms with Gasteiger partial charge in [0.25, 0.3) is 5.91 Å². The van der Waals surface area contributed by atoms with Crippen molar-refractivity contribution in [2.75, 3.05) is 13.2 Å². The topological polar surface area (TPSA) is 79.9 Å². The number of hydrogen-bond acceptors (Lipinski definition) is 4. The van der Waals surface area contributed by atoms with Crippen LogP contribution in [0.4, 0.5) is 0 Å². The predicted molar refractivity (Wildman–Crippen MR) is 123 cm³/mol. The molecule has 0 saturated heterocycles. The number of hydrogen-bond donors (Lipinski definition) is 1. The molecular weight excluding hydrogens is 388 g/mol. The van der Waals surface area contributed by atoms with E-state index in [0.717, 1.165) is 46.6 Å². The predicted octanol–water partition coefficient (Wildman–Crippen LogP) is 4.56. The van der Waals surface area contributed by atoms with Gasteiger partial charge in [-0.05, 0) is 56.5 Å². The first kappa shape index (κ1) is 22.1. The Morgan fingerprint density at radius 1 is 1.29 bits per heavy atom. The van der Waals surface area contributed by atoms with Crippen LogP contribution >= 0.6 is 0 Å². The van der Waals surface area contributed by atoms with Gasteiger partial charge in [-0.25, -0.2) is 0 Å². The third-order valence-corrected chi connectivity index (χ3v) is 5.18. The molecule has 6 nitrogen and oxygen atoms in total. The van der Waals surface area contributed by atoms with Crippen LogP contribution in [-0.2, 0) is 11.3 Å². The second-order valence-electron chi connectivity index (χ2n) is 7.44. The molecule has 1 N–H and O–H groups in total. The van der Waals surface area contributed by atoms with Crippen molar-refractivity contribution in [2.45, 2.75) is 40.2 Å². The molecule has 2 heterocycles. The zero-order valence-electron chi connectivity index (χ0n) is 18.3. The van der Waals surface area contributed by atoms with Crippen LogP contribution in [0.2, 0.25) is 0 Å². The number of amides is 1. The van der Waals surface area contributed by atoms with Gasteiger partial charge >= 0.3 is 0 Å². The molecule has 1 aromatic carbocycles. The minimum Gasteiger partial charge on any atom is -0.491 e. The SMILES string of the molecule is CCCn1c(C)cc(/C=C(/C#N)C(=O)NCCCOc2cccc3cccnc23)c1C. The lowest BCUT2D eigenvalue weighted by Gasteiger charge is -2.09. The summed E-state index contributed by atoms with van der Waals surface area (Å²) in [5.41, 5.74) is 4.03. The van der Waals surface area contributed by atoms with Crippen LogP contribution in [0.25, 0.3) is 17.0 Å². The number of nitrogens with zero attached hydrogens (tertiary/aromatic N) is 3. The summed E-state index contributed by atoms with van der Waals surface area (Å²) in [6.07, 6.45) is 5.06. The van der Waals surface area contributed by atoms with Crippen molar-refractivity contribution in [3.8, 4) is 11.8 Å². The van der Waals surface area contributed by atoms with Gasteiger partial charge in [0.2, 0.25) is 0 Å². The summed E-state index contributed by atoms with van der Waals surface area (Å²) < 4.78 is 8.05. The fraction of sp³-hybridized carbons (Fsp3) is 0.320. The van der Waals surface area contributed by atoms with Crippen LogP contribution in [0.1, 0.15) is 36.7 Å². The monoisotopic (exact) mass is 416 g/mol. The summed E-state index contributed by atoms with van der Waals surface area (Å²) in [6, 6.07) is 13.7. The van der Waals surface area contributed by atoms with Gasteiger partial charge in [-0.2, -0.15) is 5.26 Å². The molecule has 3 rings (SSSR count). The number of benzene rings is 1. The summed E-state index contributed by atoms with van der Waals surface area (Å²) in [5.74, 6) is 0.360. The van der Waals surface area contributed by atoms with Crippen LogP contribution < -0.4 is 10.1 Å². The van der Waals surface area contributed by atoms with E-state index >= 15 is 0 Å². The first-order valence-electron chi connectivity index (χ1n) is 10.6. The molecule has 0 unspecified atom stereocenters. The molecule has 160 valence electrons. The van der Waals surface area contributed by atoms with E-state index < -0.39 is 0 Å². The van der Waals surface area contributed by atoms with Crippen LogP contribution in [0, 0.1) is 25.2 Å². The van der Waals surface area contributed by atoms with Crippen LogP contribution in [0.3, 0.4) is 0 Å². The smallest absolute Gasteiger partial charge is 0.261 e. The van der Waals surface area contributed by atoms with E-state index in [4.69, 9.17) is 4.74 Å². The van der Waals surface area contributed by atoms with E-state index in [2.05, 4.69) is 21.8 Å². The number of ether oxygens (including phenoxy) is 1. The Hall–Kier alpha value is -3.59. The molecule has 6 heteroatoms. The second kappa shape index (κ2) is 10.4. The lowest BCUT2D eigenvalue weighted by Crippen LogP contribution is -2.26. The highest BCUT2D eigenvalue weighted by molar-refractivity contribution is 6.01. The zero-order valence-corrected chi connectivity index (χ0v) is 18.3. The third kappa shape index (κ3) is 5.32. The Bertz CT molecular complexity index is 1130. The molecule has 0 radical (unpaired) electrons. The number of pyridine rings is 1. The Morgan fingerprint density at radius 3 is 2.87 bits per heavy atom. The molecule has 1 amide bonds. The Kier molecular flexibility index (Phi) is 7.45. The molecule has 0 bridgehead atoms. The average molecular weight is 417 g/mol. The van der Waals surface area contributed by atoms with Crippen LogP contribution in [-0.4, -0.2) is 28.6 Å². The number of carbonyl (C=O) groups is 1. The number of para-hydroxylation sites is 1. The number of nitrogens with one attached hydrogen (secondary N) is 1. The van der Waals surface area contributed by atoms with E-state index in [1.807, 2.05) is 56.3 Å². The molecule has 0 aliphatic carbocycles. The third-order valence-electron chi connectivity index (χ3n) is 5.18. The van der Waals surface area contributed by atoms with Gasteiger partial charge in [0.05, 0.1) is 6.61 Å². The van der Waals surface area contributed by atoms with Crippen molar-refractivity contribution in [1.82, 2.24) is 14.9 Å². The molecule has 0 aliphatic heterocycles. The van der Waals surface area contributed by atoms with Gasteiger partial charge in [0.15, 0.2) is 0 Å². The second-order valence-corrected chi connectivity index (χ2v) is 7.44. The molecule has 2 aromatic heterocycles. The first-order chi connectivity index (χ1) is 15.0. The summed E-state index contributed by atoms with van der Waals surface area (Å²) in [7, 11) is 0. The maximum Gasteiger partial charge on any atom is 0.261 e. The van der Waals surface area contributed by atoms with Crippen molar-refractivity contribution in [3.05, 3.63) is 65.1 Å². The van der Waals surface area contributed by atoms with Crippen molar-refractivity contribution < 1.29 is 9.53 Å². The average Bonchev–Trinajstić information content (AvgIpc) is 3.04. The molecule has 31 heavy (non-hydrogen) atoms. The summed E-state index contributed by atoms with van der Waals surface area (Å²) >= 11 is 0. The molecular formula is C25H28N4O2. The van der Waals surface area contributed by atoms with Crippen molar-refractivity contribution >= 4 is 22.9 Å². The lowest BCUT2D eigenvalue weighted by atomic mass is 10.1. The van der Waals surface area contributed by atoms with Crippen molar-refractivity contribution in [2.24, 2.45) is 0 Å². The largest absolute Gasteiger partial charge is 0.491 e. The summed E-state index contributed by atoms with van der Waals surface area (Å²) in [4.78, 5) is 16.8. The first-order valence-corrected chi connectivity index (χ1v) is 10.6. The quantitative estimate of drug-likeness (QED) is 0.315. The molecule has 0 atom stereocenters. The normalized spacial score (nSPS) is 11.4. The number of aromatic nitrogens is 2. The highest BCUT2D eigenvalue weighted by Gasteiger charge is 2.12. The van der Waals surface area contributed by atoms with Gasteiger partial charge in [-0.1, -0.05) is 25.1 Å². The van der Waals surface area contributed by atoms with Gasteiger partial charge < -0.3 is 14.6 Å². The fourth-order valence-corrected chi connectivity index (χ4v) is 3.59. The number of fused-ring (bicyclic) bond motifs is 1. The van der Waals surface area contributed by atoms with E-state index in [1.54, 1.807) is 12.3 Å². The van der Waals surface area contributed by atoms with E-state index in [-0.39, 0.29) is 11.5 Å². The van der Waals surface area contributed by atoms with E-state index in [0.29, 0.717) is 19.6 Å². The van der Waals surface area contributed by atoms with Gasteiger partial charge in [-0.15, -0.1) is 0 Å². The minimum absolute atomic E-state index is 0.107. The van der Waals surface area contributed by atoms with Gasteiger partial charge in [-0.3, -0.25) is 9.78 Å². The van der Waals surface area contributed by atoms with Gasteiger partial charge in [0.1, 0.15) is 22.9 Å². The van der Waals surface area contributed by atoms with Crippen molar-refractivity contribution in [3.63, 3.8) is 0 Å². The number of nitriles is 1. The number of carbonyl (C=O) groups excluding carboxylic acids is 1. The van der Waals surface area contributed by atoms with Crippen LogP contribution in [0.15, 0.2) is 48.2 Å². The molecule has 0 saturated carbocycles. The lowest BCUT2D eigenvalue weighted by molar-refractivity contribution is -0.117. The fourth-order valence-electron chi connectivity index (χ4n) is 3.59. The molecule has 0 fully saturated rings. The molecule has 0 spiro atoms. The Balaban J connectivity index is 1.54. The van der Waals surface area contributed by atoms with Crippen LogP contribution in [0.5, 0.6) is 5.75 Å². The minimum atomic E-state index is -0.366. The number of aryl methyl sites for hydroxylation is 1. The number of rotatable bonds is 9. The van der Waals surface area contributed by atoms with Crippen molar-refractivity contribution in [1.29, 1.82) is 5.26 Å². The maximum atomic E-state index is 12.5. The highest BCUT2D eigenvalue weighted by atomic mass is 16.5. The molecule has 3 aromatic rings. The van der Waals surface area contributed by atoms with Gasteiger partial charge in [0, 0.05) is 36.1 Å². The summed E-state index contributed by atoms with van der Waals surface area (Å²) in [6.45, 7) is 7.97. The Labute approximate surface area is 183 Å².